The lowest BCUT2D eigenvalue weighted by atomic mass is 10.1. The minimum atomic E-state index is -4.83. The molecular formula is C23H18F3N3O3. The second-order valence-electron chi connectivity index (χ2n) is 6.52. The number of ether oxygens (including phenoxy) is 1. The summed E-state index contributed by atoms with van der Waals surface area (Å²) in [4.78, 5) is 28.2. The molecule has 2 N–H and O–H groups in total. The fourth-order valence-electron chi connectivity index (χ4n) is 2.69. The Morgan fingerprint density at radius 2 is 1.66 bits per heavy atom. The van der Waals surface area contributed by atoms with Gasteiger partial charge in [0.1, 0.15) is 5.75 Å². The highest BCUT2D eigenvalue weighted by molar-refractivity contribution is 6.02. The Morgan fingerprint density at radius 1 is 0.969 bits per heavy atom. The van der Waals surface area contributed by atoms with Crippen molar-refractivity contribution in [3.63, 3.8) is 0 Å². The van der Waals surface area contributed by atoms with Crippen molar-refractivity contribution >= 4 is 23.6 Å². The summed E-state index contributed by atoms with van der Waals surface area (Å²) in [6.07, 6.45) is 1.41. The second-order valence-corrected chi connectivity index (χ2v) is 6.52. The standard InChI is InChI=1S/C23H18F3N3O3/c24-23(25,26)32-20-4-2-1-3-18(20)15-28-22(31)17-6-8-19(9-7-17)29-21(30)10-5-16-11-13-27-14-12-16/h1-14H,15H2,(H,28,31)(H,29,30)/b10-5+. The average Bonchev–Trinajstić information content (AvgIpc) is 2.77. The number of benzene rings is 2. The van der Waals surface area contributed by atoms with Gasteiger partial charge in [0.15, 0.2) is 0 Å². The number of hydrogen-bond donors (Lipinski definition) is 2. The van der Waals surface area contributed by atoms with E-state index in [0.29, 0.717) is 5.69 Å². The van der Waals surface area contributed by atoms with Gasteiger partial charge >= 0.3 is 6.36 Å². The number of nitrogens with zero attached hydrogens (tertiary/aromatic N) is 1. The van der Waals surface area contributed by atoms with Gasteiger partial charge in [-0.2, -0.15) is 0 Å². The number of alkyl halides is 3. The predicted octanol–water partition coefficient (Wildman–Crippen LogP) is 4.56. The number of aromatic nitrogens is 1. The number of carbonyl (C=O) groups is 2. The van der Waals surface area contributed by atoms with E-state index in [2.05, 4.69) is 20.4 Å². The lowest BCUT2D eigenvalue weighted by molar-refractivity contribution is -0.274. The summed E-state index contributed by atoms with van der Waals surface area (Å²) in [7, 11) is 0. The number of anilines is 1. The molecule has 0 saturated heterocycles. The summed E-state index contributed by atoms with van der Waals surface area (Å²) in [6, 6.07) is 15.2. The fourth-order valence-corrected chi connectivity index (χ4v) is 2.69. The van der Waals surface area contributed by atoms with E-state index in [1.807, 2.05) is 0 Å². The number of hydrogen-bond acceptors (Lipinski definition) is 4. The summed E-state index contributed by atoms with van der Waals surface area (Å²) in [5, 5.41) is 5.22. The molecule has 0 aliphatic heterocycles. The Hall–Kier alpha value is -4.14. The zero-order valence-electron chi connectivity index (χ0n) is 16.6. The number of carbonyl (C=O) groups excluding carboxylic acids is 2. The molecule has 1 heterocycles. The van der Waals surface area contributed by atoms with Crippen LogP contribution in [-0.2, 0) is 11.3 Å². The van der Waals surface area contributed by atoms with Crippen molar-refractivity contribution in [3.05, 3.63) is 95.8 Å². The van der Waals surface area contributed by atoms with Crippen molar-refractivity contribution in [2.45, 2.75) is 12.9 Å². The van der Waals surface area contributed by atoms with Crippen LogP contribution in [0.4, 0.5) is 18.9 Å². The van der Waals surface area contributed by atoms with Crippen LogP contribution in [0.15, 0.2) is 79.1 Å². The second kappa shape index (κ2) is 10.3. The first-order chi connectivity index (χ1) is 15.3. The van der Waals surface area contributed by atoms with Gasteiger partial charge in [0.2, 0.25) is 5.91 Å². The number of rotatable bonds is 7. The maximum Gasteiger partial charge on any atom is 0.573 e. The molecule has 6 nitrogen and oxygen atoms in total. The van der Waals surface area contributed by atoms with Crippen LogP contribution in [-0.4, -0.2) is 23.2 Å². The van der Waals surface area contributed by atoms with Gasteiger partial charge in [0.25, 0.3) is 5.91 Å². The molecule has 0 aliphatic carbocycles. The molecule has 2 aromatic carbocycles. The molecule has 0 spiro atoms. The molecule has 9 heteroatoms. The van der Waals surface area contributed by atoms with E-state index < -0.39 is 12.3 Å². The normalized spacial score (nSPS) is 11.2. The zero-order valence-corrected chi connectivity index (χ0v) is 16.6. The average molecular weight is 441 g/mol. The lowest BCUT2D eigenvalue weighted by Gasteiger charge is -2.13. The molecule has 1 aromatic heterocycles. The van der Waals surface area contributed by atoms with Crippen molar-refractivity contribution < 1.29 is 27.5 Å². The smallest absolute Gasteiger partial charge is 0.405 e. The Labute approximate surface area is 181 Å². The van der Waals surface area contributed by atoms with Crippen molar-refractivity contribution in [2.75, 3.05) is 5.32 Å². The van der Waals surface area contributed by atoms with Gasteiger partial charge in [-0.3, -0.25) is 14.6 Å². The van der Waals surface area contributed by atoms with E-state index in [4.69, 9.17) is 0 Å². The molecule has 2 amide bonds. The fraction of sp³-hybridized carbons (Fsp3) is 0.0870. The number of halogens is 3. The van der Waals surface area contributed by atoms with Crippen LogP contribution in [0.3, 0.4) is 0 Å². The van der Waals surface area contributed by atoms with Gasteiger partial charge in [-0.15, -0.1) is 13.2 Å². The monoisotopic (exact) mass is 441 g/mol. The summed E-state index contributed by atoms with van der Waals surface area (Å²) < 4.78 is 41.5. The van der Waals surface area contributed by atoms with Crippen LogP contribution < -0.4 is 15.4 Å². The molecule has 164 valence electrons. The van der Waals surface area contributed by atoms with E-state index in [1.165, 1.54) is 36.4 Å². The highest BCUT2D eigenvalue weighted by atomic mass is 19.4. The first-order valence-corrected chi connectivity index (χ1v) is 9.41. The SMILES string of the molecule is O=C(/C=C/c1ccncc1)Nc1ccc(C(=O)NCc2ccccc2OC(F)(F)F)cc1. The first kappa shape index (κ1) is 22.5. The predicted molar refractivity (Wildman–Crippen MR) is 113 cm³/mol. The number of nitrogens with one attached hydrogen (secondary N) is 2. The Balaban J connectivity index is 1.55. The van der Waals surface area contributed by atoms with Crippen molar-refractivity contribution in [1.82, 2.24) is 10.3 Å². The third-order valence-corrected chi connectivity index (χ3v) is 4.19. The summed E-state index contributed by atoms with van der Waals surface area (Å²) in [5.74, 6) is -1.21. The number of para-hydroxylation sites is 1. The Morgan fingerprint density at radius 3 is 2.34 bits per heavy atom. The number of amides is 2. The van der Waals surface area contributed by atoms with Gasteiger partial charge in [0.05, 0.1) is 0 Å². The molecule has 32 heavy (non-hydrogen) atoms. The van der Waals surface area contributed by atoms with Crippen molar-refractivity contribution in [2.24, 2.45) is 0 Å². The quantitative estimate of drug-likeness (QED) is 0.527. The van der Waals surface area contributed by atoms with Crippen LogP contribution in [0.1, 0.15) is 21.5 Å². The van der Waals surface area contributed by atoms with E-state index >= 15 is 0 Å². The maximum absolute atomic E-state index is 12.5. The number of pyridine rings is 1. The molecule has 0 radical (unpaired) electrons. The third-order valence-electron chi connectivity index (χ3n) is 4.19. The van der Waals surface area contributed by atoms with Crippen LogP contribution in [0.2, 0.25) is 0 Å². The van der Waals surface area contributed by atoms with Gasteiger partial charge in [-0.05, 0) is 54.1 Å². The first-order valence-electron chi connectivity index (χ1n) is 9.41. The highest BCUT2D eigenvalue weighted by Crippen LogP contribution is 2.26. The molecule has 3 rings (SSSR count). The Kier molecular flexibility index (Phi) is 7.22. The topological polar surface area (TPSA) is 80.3 Å². The van der Waals surface area contributed by atoms with Crippen LogP contribution in [0, 0.1) is 0 Å². The van der Waals surface area contributed by atoms with Crippen LogP contribution in [0.5, 0.6) is 5.75 Å². The van der Waals surface area contributed by atoms with E-state index in [9.17, 15) is 22.8 Å². The van der Waals surface area contributed by atoms with Crippen LogP contribution >= 0.6 is 0 Å². The van der Waals surface area contributed by atoms with Gasteiger partial charge in [0, 0.05) is 41.8 Å². The molecule has 0 unspecified atom stereocenters. The molecule has 0 aliphatic rings. The Bertz CT molecular complexity index is 1100. The highest BCUT2D eigenvalue weighted by Gasteiger charge is 2.32. The summed E-state index contributed by atoms with van der Waals surface area (Å²) >= 11 is 0. The summed E-state index contributed by atoms with van der Waals surface area (Å²) in [5.41, 5.74) is 1.77. The van der Waals surface area contributed by atoms with Gasteiger partial charge in [-0.25, -0.2) is 0 Å². The molecule has 0 fully saturated rings. The van der Waals surface area contributed by atoms with E-state index in [1.54, 1.807) is 48.8 Å². The lowest BCUT2D eigenvalue weighted by Crippen LogP contribution is -2.24. The minimum absolute atomic E-state index is 0.149. The van der Waals surface area contributed by atoms with Crippen LogP contribution in [0.25, 0.3) is 6.08 Å². The van der Waals surface area contributed by atoms with Gasteiger partial charge < -0.3 is 15.4 Å². The maximum atomic E-state index is 12.5. The largest absolute Gasteiger partial charge is 0.573 e. The van der Waals surface area contributed by atoms with Crippen molar-refractivity contribution in [1.29, 1.82) is 0 Å². The van der Waals surface area contributed by atoms with Crippen molar-refractivity contribution in [3.8, 4) is 5.75 Å². The minimum Gasteiger partial charge on any atom is -0.405 e. The zero-order chi connectivity index (χ0) is 23.0. The van der Waals surface area contributed by atoms with E-state index in [-0.39, 0.29) is 29.3 Å². The third kappa shape index (κ3) is 6.98. The molecule has 0 atom stereocenters. The van der Waals surface area contributed by atoms with E-state index in [0.717, 1.165) is 5.56 Å². The summed E-state index contributed by atoms with van der Waals surface area (Å²) in [6.45, 7) is -0.149. The molecule has 0 saturated carbocycles. The molecule has 0 bridgehead atoms. The molecule has 3 aromatic rings. The van der Waals surface area contributed by atoms with Gasteiger partial charge in [-0.1, -0.05) is 18.2 Å². The molecular weight excluding hydrogens is 423 g/mol.